The first-order chi connectivity index (χ1) is 10.6. The van der Waals surface area contributed by atoms with Crippen LogP contribution in [0.4, 0.5) is 11.4 Å². The van der Waals surface area contributed by atoms with Crippen LogP contribution in [0.15, 0.2) is 53.4 Å². The highest BCUT2D eigenvalue weighted by molar-refractivity contribution is 9.09. The minimum Gasteiger partial charge on any atom is -0.757 e. The first-order valence-corrected chi connectivity index (χ1v) is 8.77. The molecule has 114 valence electrons. The Morgan fingerprint density at radius 1 is 1.23 bits per heavy atom. The van der Waals surface area contributed by atoms with Gasteiger partial charge in [-0.15, -0.1) is 0 Å². The summed E-state index contributed by atoms with van der Waals surface area (Å²) >= 11 is 10.6. The number of alkyl halides is 1. The van der Waals surface area contributed by atoms with Gasteiger partial charge in [-0.2, -0.15) is 4.74 Å². The van der Waals surface area contributed by atoms with Crippen molar-refractivity contribution >= 4 is 56.9 Å². The number of nitrogens with zero attached hydrogens (tertiary/aromatic N) is 2. The van der Waals surface area contributed by atoms with E-state index in [1.807, 2.05) is 30.3 Å². The van der Waals surface area contributed by atoms with E-state index >= 15 is 0 Å². The molecule has 4 nitrogen and oxygen atoms in total. The summed E-state index contributed by atoms with van der Waals surface area (Å²) < 4.78 is 0.715. The highest BCUT2D eigenvalue weighted by Crippen LogP contribution is 2.44. The molecule has 1 aliphatic heterocycles. The van der Waals surface area contributed by atoms with Crippen molar-refractivity contribution in [2.45, 2.75) is 9.77 Å². The van der Waals surface area contributed by atoms with Gasteiger partial charge in [-0.25, -0.2) is 0 Å². The molecule has 0 saturated heterocycles. The van der Waals surface area contributed by atoms with Crippen LogP contribution in [0.5, 0.6) is 0 Å². The smallest absolute Gasteiger partial charge is 0.240 e. The standard InChI is InChI=1S/C15H11BrClN2O2S/c16-9-15(22-12-4-2-1-3-5-12)10-18(20)14-8-11(17)6-7-13(14)19(15)21/h1-8,10H,9H2/q-1. The molecule has 0 fully saturated rings. The summed E-state index contributed by atoms with van der Waals surface area (Å²) in [6.45, 7) is 0. The molecule has 22 heavy (non-hydrogen) atoms. The van der Waals surface area contributed by atoms with Gasteiger partial charge in [0.25, 0.3) is 0 Å². The second kappa shape index (κ2) is 6.12. The number of hydrogen-bond donors (Lipinski definition) is 0. The van der Waals surface area contributed by atoms with Crippen LogP contribution >= 0.6 is 39.3 Å². The molecule has 0 aliphatic carbocycles. The topological polar surface area (TPSA) is 52.4 Å². The quantitative estimate of drug-likeness (QED) is 0.425. The third-order valence-corrected chi connectivity index (χ3v) is 6.02. The van der Waals surface area contributed by atoms with Gasteiger partial charge in [-0.05, 0) is 24.3 Å². The van der Waals surface area contributed by atoms with Crippen LogP contribution in [0.2, 0.25) is 5.02 Å². The normalized spacial score (nSPS) is 20.5. The summed E-state index contributed by atoms with van der Waals surface area (Å²) in [5.41, 5.74) is 0.567. The number of hydroxylamine groups is 1. The Bertz CT molecular complexity index is 729. The molecule has 2 aromatic carbocycles. The molecule has 3 rings (SSSR count). The van der Waals surface area contributed by atoms with Gasteiger partial charge in [-0.3, -0.25) is 0 Å². The molecule has 0 radical (unpaired) electrons. The van der Waals surface area contributed by atoms with Crippen LogP contribution in [-0.4, -0.2) is 21.2 Å². The molecule has 1 unspecified atom stereocenters. The molecule has 0 amide bonds. The Morgan fingerprint density at radius 3 is 2.64 bits per heavy atom. The lowest BCUT2D eigenvalue weighted by Gasteiger charge is -2.47. The predicted octanol–water partition coefficient (Wildman–Crippen LogP) is 4.75. The van der Waals surface area contributed by atoms with Gasteiger partial charge in [0, 0.05) is 21.3 Å². The van der Waals surface area contributed by atoms with Gasteiger partial charge in [0.1, 0.15) is 5.69 Å². The summed E-state index contributed by atoms with van der Waals surface area (Å²) in [6, 6.07) is 14.2. The van der Waals surface area contributed by atoms with E-state index in [4.69, 9.17) is 11.6 Å². The maximum absolute atomic E-state index is 12.9. The lowest BCUT2D eigenvalue weighted by molar-refractivity contribution is -0.358. The summed E-state index contributed by atoms with van der Waals surface area (Å²) in [5.74, 6) is 0. The Hall–Kier alpha value is -1.21. The zero-order valence-electron chi connectivity index (χ0n) is 11.3. The molecular weight excluding hydrogens is 388 g/mol. The van der Waals surface area contributed by atoms with Crippen molar-refractivity contribution in [1.82, 2.24) is 0 Å². The minimum absolute atomic E-state index is 0.257. The second-order valence-electron chi connectivity index (χ2n) is 4.78. The molecule has 0 aromatic heterocycles. The lowest BCUT2D eigenvalue weighted by atomic mass is 10.2. The fraction of sp³-hybridized carbons (Fsp3) is 0.133. The van der Waals surface area contributed by atoms with Gasteiger partial charge in [-0.1, -0.05) is 57.5 Å². The average Bonchev–Trinajstić information content (AvgIpc) is 2.53. The summed E-state index contributed by atoms with van der Waals surface area (Å²) in [5, 5.41) is 26.8. The van der Waals surface area contributed by atoms with Crippen molar-refractivity contribution in [1.29, 1.82) is 0 Å². The Morgan fingerprint density at radius 2 is 1.95 bits per heavy atom. The lowest BCUT2D eigenvalue weighted by Crippen LogP contribution is -2.50. The van der Waals surface area contributed by atoms with E-state index in [1.165, 1.54) is 24.0 Å². The van der Waals surface area contributed by atoms with Crippen molar-refractivity contribution in [3.63, 3.8) is 0 Å². The summed E-state index contributed by atoms with van der Waals surface area (Å²) in [7, 11) is 0. The SMILES string of the molecule is [O-]N1c2ccc(Cl)cc2[N+]([O-])=CC1(CBr)Sc1ccccc1. The Balaban J connectivity index is 2.07. The van der Waals surface area contributed by atoms with Crippen LogP contribution in [0.1, 0.15) is 0 Å². The van der Waals surface area contributed by atoms with E-state index in [0.717, 1.165) is 9.96 Å². The van der Waals surface area contributed by atoms with Gasteiger partial charge in [0.05, 0.1) is 0 Å². The summed E-state index contributed by atoms with van der Waals surface area (Å²) in [4.78, 5) is -0.144. The zero-order valence-corrected chi connectivity index (χ0v) is 14.4. The Kier molecular flexibility index (Phi) is 4.36. The van der Waals surface area contributed by atoms with Crippen LogP contribution in [0.25, 0.3) is 0 Å². The van der Waals surface area contributed by atoms with E-state index in [-0.39, 0.29) is 5.69 Å². The summed E-state index contributed by atoms with van der Waals surface area (Å²) in [6.07, 6.45) is 1.38. The van der Waals surface area contributed by atoms with Gasteiger partial charge in [0.2, 0.25) is 5.69 Å². The molecule has 0 bridgehead atoms. The van der Waals surface area contributed by atoms with E-state index in [9.17, 15) is 10.4 Å². The van der Waals surface area contributed by atoms with Gasteiger partial charge in [0.15, 0.2) is 11.1 Å². The maximum Gasteiger partial charge on any atom is 0.240 e. The van der Waals surface area contributed by atoms with Crippen molar-refractivity contribution < 1.29 is 4.74 Å². The largest absolute Gasteiger partial charge is 0.757 e. The van der Waals surface area contributed by atoms with Crippen LogP contribution in [-0.2, 0) is 0 Å². The molecule has 0 spiro atoms. The van der Waals surface area contributed by atoms with Crippen LogP contribution < -0.4 is 5.06 Å². The number of thioether (sulfide) groups is 1. The van der Waals surface area contributed by atoms with Crippen molar-refractivity contribution in [2.75, 3.05) is 10.4 Å². The van der Waals surface area contributed by atoms with Crippen molar-refractivity contribution in [3.8, 4) is 0 Å². The van der Waals surface area contributed by atoms with Gasteiger partial charge >= 0.3 is 0 Å². The fourth-order valence-electron chi connectivity index (χ4n) is 2.23. The number of benzene rings is 2. The van der Waals surface area contributed by atoms with Crippen LogP contribution in [0, 0.1) is 10.4 Å². The molecule has 2 aromatic rings. The van der Waals surface area contributed by atoms with E-state index in [1.54, 1.807) is 12.1 Å². The number of anilines is 1. The number of hydrogen-bond acceptors (Lipinski definition) is 4. The Labute approximate surface area is 145 Å². The van der Waals surface area contributed by atoms with Crippen molar-refractivity contribution in [2.24, 2.45) is 0 Å². The van der Waals surface area contributed by atoms with Crippen LogP contribution in [0.3, 0.4) is 0 Å². The van der Waals surface area contributed by atoms with E-state index in [0.29, 0.717) is 20.8 Å². The first-order valence-electron chi connectivity index (χ1n) is 6.45. The second-order valence-corrected chi connectivity index (χ2v) is 7.16. The molecule has 1 heterocycles. The highest BCUT2D eigenvalue weighted by Gasteiger charge is 2.40. The molecule has 7 heteroatoms. The number of halogens is 2. The number of fused-ring (bicyclic) bond motifs is 1. The minimum atomic E-state index is -1.05. The molecule has 1 atom stereocenters. The van der Waals surface area contributed by atoms with E-state index in [2.05, 4.69) is 15.9 Å². The fourth-order valence-corrected chi connectivity index (χ4v) is 4.20. The average molecular weight is 399 g/mol. The number of rotatable bonds is 3. The molecule has 1 aliphatic rings. The maximum atomic E-state index is 12.9. The molecule has 0 saturated carbocycles. The molecular formula is C15H11BrClN2O2S-. The first kappa shape index (κ1) is 15.7. The molecule has 0 N–H and O–H groups in total. The van der Waals surface area contributed by atoms with E-state index < -0.39 is 4.87 Å². The van der Waals surface area contributed by atoms with Gasteiger partial charge < -0.3 is 15.5 Å². The highest BCUT2D eigenvalue weighted by atomic mass is 79.9. The van der Waals surface area contributed by atoms with Crippen molar-refractivity contribution in [3.05, 3.63) is 64.0 Å². The zero-order chi connectivity index (χ0) is 15.7. The third-order valence-electron chi connectivity index (χ3n) is 3.29. The predicted molar refractivity (Wildman–Crippen MR) is 95.5 cm³/mol. The monoisotopic (exact) mass is 397 g/mol. The third kappa shape index (κ3) is 2.72.